The summed E-state index contributed by atoms with van der Waals surface area (Å²) in [6, 6.07) is 10.7. The topological polar surface area (TPSA) is 65.5 Å². The van der Waals surface area contributed by atoms with Crippen molar-refractivity contribution in [3.8, 4) is 0 Å². The molecule has 1 amide bonds. The Hall–Kier alpha value is -2.04. The van der Waals surface area contributed by atoms with Gasteiger partial charge in [0.25, 0.3) is 0 Å². The number of guanidine groups is 1. The van der Waals surface area contributed by atoms with Gasteiger partial charge < -0.3 is 16.0 Å². The average molecular weight is 345 g/mol. The number of nitrogens with zero attached hydrogens (tertiary/aromatic N) is 1. The first-order valence-corrected chi connectivity index (χ1v) is 9.55. The Balaban J connectivity index is 1.79. The van der Waals surface area contributed by atoms with Crippen molar-refractivity contribution in [3.05, 3.63) is 35.9 Å². The van der Waals surface area contributed by atoms with Gasteiger partial charge in [-0.05, 0) is 31.2 Å². The van der Waals surface area contributed by atoms with Crippen molar-refractivity contribution in [2.45, 2.75) is 57.9 Å². The van der Waals surface area contributed by atoms with Gasteiger partial charge in [-0.1, -0.05) is 56.5 Å². The monoisotopic (exact) mass is 344 g/mol. The second kappa shape index (κ2) is 10.7. The number of aliphatic imine (C=N–C) groups is 1. The fourth-order valence-electron chi connectivity index (χ4n) is 3.16. The lowest BCUT2D eigenvalue weighted by Gasteiger charge is -2.22. The fourth-order valence-corrected chi connectivity index (χ4v) is 3.16. The highest BCUT2D eigenvalue weighted by atomic mass is 16.1. The van der Waals surface area contributed by atoms with Crippen LogP contribution in [0.15, 0.2) is 35.3 Å². The van der Waals surface area contributed by atoms with E-state index in [4.69, 9.17) is 0 Å². The molecule has 0 heterocycles. The Kier molecular flexibility index (Phi) is 8.29. The van der Waals surface area contributed by atoms with Crippen LogP contribution in [-0.2, 0) is 4.79 Å². The van der Waals surface area contributed by atoms with E-state index in [1.807, 2.05) is 13.0 Å². The normalized spacial score (nSPS) is 17.0. The molecule has 5 nitrogen and oxygen atoms in total. The molecule has 1 aromatic carbocycles. The van der Waals surface area contributed by atoms with Crippen molar-refractivity contribution in [2.24, 2.45) is 4.99 Å². The summed E-state index contributed by atoms with van der Waals surface area (Å²) in [4.78, 5) is 16.5. The Bertz CT molecular complexity index is 538. The zero-order valence-corrected chi connectivity index (χ0v) is 15.6. The van der Waals surface area contributed by atoms with Crippen LogP contribution in [0.1, 0.15) is 57.4 Å². The molecule has 1 unspecified atom stereocenters. The molecule has 2 rings (SSSR count). The van der Waals surface area contributed by atoms with E-state index in [0.717, 1.165) is 25.9 Å². The number of amides is 1. The van der Waals surface area contributed by atoms with Gasteiger partial charge in [0.1, 0.15) is 6.54 Å². The van der Waals surface area contributed by atoms with E-state index < -0.39 is 0 Å². The molecule has 0 bridgehead atoms. The molecule has 1 aliphatic carbocycles. The lowest BCUT2D eigenvalue weighted by molar-refractivity contribution is -0.120. The zero-order chi connectivity index (χ0) is 17.9. The van der Waals surface area contributed by atoms with Crippen LogP contribution in [0.2, 0.25) is 0 Å². The van der Waals surface area contributed by atoms with Gasteiger partial charge in [0.2, 0.25) is 5.91 Å². The number of carbonyl (C=O) groups excluding carboxylic acids is 1. The summed E-state index contributed by atoms with van der Waals surface area (Å²) < 4.78 is 0. The molecule has 3 N–H and O–H groups in total. The predicted molar refractivity (Wildman–Crippen MR) is 104 cm³/mol. The van der Waals surface area contributed by atoms with E-state index in [0.29, 0.717) is 17.9 Å². The highest BCUT2D eigenvalue weighted by molar-refractivity contribution is 5.85. The van der Waals surface area contributed by atoms with Gasteiger partial charge in [-0.3, -0.25) is 4.79 Å². The molecule has 0 aromatic heterocycles. The van der Waals surface area contributed by atoms with E-state index in [9.17, 15) is 4.79 Å². The van der Waals surface area contributed by atoms with Gasteiger partial charge in [-0.25, -0.2) is 4.99 Å². The number of benzene rings is 1. The average Bonchev–Trinajstić information content (AvgIpc) is 2.65. The van der Waals surface area contributed by atoms with Crippen LogP contribution in [0.3, 0.4) is 0 Å². The molecule has 0 aliphatic heterocycles. The molecule has 0 saturated heterocycles. The van der Waals surface area contributed by atoms with Crippen molar-refractivity contribution in [2.75, 3.05) is 19.6 Å². The number of nitrogens with one attached hydrogen (secondary N) is 3. The molecule has 138 valence electrons. The lowest BCUT2D eigenvalue weighted by Crippen LogP contribution is -2.41. The Morgan fingerprint density at radius 2 is 1.88 bits per heavy atom. The summed E-state index contributed by atoms with van der Waals surface area (Å²) in [5.41, 5.74) is 1.29. The van der Waals surface area contributed by atoms with Crippen molar-refractivity contribution in [1.82, 2.24) is 16.0 Å². The third-order valence-electron chi connectivity index (χ3n) is 4.64. The predicted octanol–water partition coefficient (Wildman–Crippen LogP) is 2.79. The standard InChI is InChI=1S/C20H32N4O/c1-3-21-20(22-14-16(2)17-10-6-4-7-11-17)23-15-19(25)24-18-12-8-5-9-13-18/h4,6-7,10-11,16,18H,3,5,8-9,12-15H2,1-2H3,(H,24,25)(H2,21,22,23). The minimum absolute atomic E-state index is 0.0141. The van der Waals surface area contributed by atoms with E-state index in [1.165, 1.54) is 24.8 Å². The largest absolute Gasteiger partial charge is 0.357 e. The van der Waals surface area contributed by atoms with Gasteiger partial charge in [-0.15, -0.1) is 0 Å². The lowest BCUT2D eigenvalue weighted by atomic mass is 9.95. The Morgan fingerprint density at radius 1 is 1.16 bits per heavy atom. The molecular weight excluding hydrogens is 312 g/mol. The van der Waals surface area contributed by atoms with Gasteiger partial charge >= 0.3 is 0 Å². The van der Waals surface area contributed by atoms with Gasteiger partial charge in [0.15, 0.2) is 5.96 Å². The van der Waals surface area contributed by atoms with Crippen LogP contribution in [-0.4, -0.2) is 37.5 Å². The Labute approximate surface area is 151 Å². The van der Waals surface area contributed by atoms with E-state index >= 15 is 0 Å². The molecule has 25 heavy (non-hydrogen) atoms. The maximum absolute atomic E-state index is 12.1. The molecule has 0 spiro atoms. The van der Waals surface area contributed by atoms with Crippen molar-refractivity contribution >= 4 is 11.9 Å². The Morgan fingerprint density at radius 3 is 2.56 bits per heavy atom. The minimum atomic E-state index is 0.0141. The molecular formula is C20H32N4O. The third kappa shape index (κ3) is 7.16. The summed E-state index contributed by atoms with van der Waals surface area (Å²) in [5, 5.41) is 9.65. The minimum Gasteiger partial charge on any atom is -0.357 e. The van der Waals surface area contributed by atoms with E-state index in [2.05, 4.69) is 52.1 Å². The van der Waals surface area contributed by atoms with Gasteiger partial charge in [0, 0.05) is 19.1 Å². The summed E-state index contributed by atoms with van der Waals surface area (Å²) in [6.07, 6.45) is 5.93. The smallest absolute Gasteiger partial charge is 0.242 e. The first-order valence-electron chi connectivity index (χ1n) is 9.55. The highest BCUT2D eigenvalue weighted by Gasteiger charge is 2.15. The van der Waals surface area contributed by atoms with Crippen LogP contribution >= 0.6 is 0 Å². The first-order chi connectivity index (χ1) is 12.2. The second-order valence-corrected chi connectivity index (χ2v) is 6.79. The highest BCUT2D eigenvalue weighted by Crippen LogP contribution is 2.17. The van der Waals surface area contributed by atoms with Crippen LogP contribution < -0.4 is 16.0 Å². The number of rotatable bonds is 7. The van der Waals surface area contributed by atoms with E-state index in [1.54, 1.807) is 0 Å². The van der Waals surface area contributed by atoms with E-state index in [-0.39, 0.29) is 12.5 Å². The molecule has 0 radical (unpaired) electrons. The summed E-state index contributed by atoms with van der Waals surface area (Å²) in [7, 11) is 0. The number of hydrogen-bond acceptors (Lipinski definition) is 2. The molecule has 1 saturated carbocycles. The summed E-state index contributed by atoms with van der Waals surface area (Å²) in [5.74, 6) is 1.09. The maximum Gasteiger partial charge on any atom is 0.242 e. The molecule has 5 heteroatoms. The summed E-state index contributed by atoms with van der Waals surface area (Å²) in [6.45, 7) is 5.93. The first kappa shape index (κ1) is 19.3. The van der Waals surface area contributed by atoms with Crippen molar-refractivity contribution in [1.29, 1.82) is 0 Å². The quantitative estimate of drug-likeness (QED) is 0.526. The third-order valence-corrected chi connectivity index (χ3v) is 4.64. The van der Waals surface area contributed by atoms with Crippen LogP contribution in [0.25, 0.3) is 0 Å². The number of carbonyl (C=O) groups is 1. The van der Waals surface area contributed by atoms with Gasteiger partial charge in [0.05, 0.1) is 0 Å². The molecule has 1 aliphatic rings. The zero-order valence-electron chi connectivity index (χ0n) is 15.6. The van der Waals surface area contributed by atoms with Crippen LogP contribution in [0.5, 0.6) is 0 Å². The van der Waals surface area contributed by atoms with Crippen molar-refractivity contribution < 1.29 is 4.79 Å². The molecule has 1 aromatic rings. The molecule has 1 fully saturated rings. The second-order valence-electron chi connectivity index (χ2n) is 6.79. The van der Waals surface area contributed by atoms with Crippen LogP contribution in [0.4, 0.5) is 0 Å². The molecule has 1 atom stereocenters. The maximum atomic E-state index is 12.1. The van der Waals surface area contributed by atoms with Crippen LogP contribution in [0, 0.1) is 0 Å². The number of hydrogen-bond donors (Lipinski definition) is 3. The SMILES string of the molecule is CCNC(=NCC(=O)NC1CCCCC1)NCC(C)c1ccccc1. The fraction of sp³-hybridized carbons (Fsp3) is 0.600. The van der Waals surface area contributed by atoms with Gasteiger partial charge in [-0.2, -0.15) is 0 Å². The summed E-state index contributed by atoms with van der Waals surface area (Å²) >= 11 is 0. The van der Waals surface area contributed by atoms with Crippen molar-refractivity contribution in [3.63, 3.8) is 0 Å².